The van der Waals surface area contributed by atoms with Crippen molar-refractivity contribution in [2.75, 3.05) is 0 Å². The van der Waals surface area contributed by atoms with E-state index in [2.05, 4.69) is 4.98 Å². The van der Waals surface area contributed by atoms with Gasteiger partial charge in [-0.25, -0.2) is 13.4 Å². The molecule has 0 aliphatic carbocycles. The Hall–Kier alpha value is -0.0900. The molecule has 0 atom stereocenters. The number of pyridine rings is 1. The number of alkyl halides is 3. The highest BCUT2D eigenvalue weighted by molar-refractivity contribution is 14.1. The number of nitrogens with zero attached hydrogens (tertiary/aromatic N) is 1. The number of rotatable bonds is 1. The van der Waals surface area contributed by atoms with E-state index in [9.17, 15) is 21.6 Å². The Morgan fingerprint density at radius 1 is 1.33 bits per heavy atom. The van der Waals surface area contributed by atoms with E-state index < -0.39 is 25.9 Å². The lowest BCUT2D eigenvalue weighted by Crippen LogP contribution is -2.12. The molecule has 0 aliphatic rings. The van der Waals surface area contributed by atoms with Gasteiger partial charge in [0.1, 0.15) is 0 Å². The van der Waals surface area contributed by atoms with E-state index in [1.807, 2.05) is 0 Å². The Balaban J connectivity index is 3.43. The van der Waals surface area contributed by atoms with Gasteiger partial charge in [-0.2, -0.15) is 13.2 Å². The molecule has 0 spiro atoms. The second-order valence-electron chi connectivity index (χ2n) is 2.42. The number of halogens is 5. The maximum Gasteiger partial charge on any atom is 0.434 e. The summed E-state index contributed by atoms with van der Waals surface area (Å²) in [5.74, 6) is 0. The molecule has 15 heavy (non-hydrogen) atoms. The first-order chi connectivity index (χ1) is 6.62. The molecule has 0 amide bonds. The van der Waals surface area contributed by atoms with E-state index >= 15 is 0 Å². The summed E-state index contributed by atoms with van der Waals surface area (Å²) in [5, 5.41) is -0.808. The second-order valence-corrected chi connectivity index (χ2v) is 6.09. The minimum Gasteiger partial charge on any atom is -0.229 e. The summed E-state index contributed by atoms with van der Waals surface area (Å²) in [7, 11) is 0.628. The molecule has 3 nitrogen and oxygen atoms in total. The van der Waals surface area contributed by atoms with Crippen molar-refractivity contribution in [3.63, 3.8) is 0 Å². The fourth-order valence-electron chi connectivity index (χ4n) is 0.759. The summed E-state index contributed by atoms with van der Waals surface area (Å²) in [6, 6.07) is 1.91. The minimum atomic E-state index is -4.70. The van der Waals surface area contributed by atoms with Crippen molar-refractivity contribution in [1.82, 2.24) is 4.98 Å². The van der Waals surface area contributed by atoms with Gasteiger partial charge in [-0.05, 0) is 34.7 Å². The van der Waals surface area contributed by atoms with Crippen LogP contribution < -0.4 is 0 Å². The summed E-state index contributed by atoms with van der Waals surface area (Å²) in [5.41, 5.74) is -1.26. The van der Waals surface area contributed by atoms with Crippen LogP contribution in [-0.4, -0.2) is 13.4 Å². The van der Waals surface area contributed by atoms with E-state index in [-0.39, 0.29) is 3.57 Å². The fourth-order valence-corrected chi connectivity index (χ4v) is 2.05. The molecule has 0 saturated heterocycles. The smallest absolute Gasteiger partial charge is 0.229 e. The van der Waals surface area contributed by atoms with Crippen molar-refractivity contribution in [2.45, 2.75) is 11.2 Å². The van der Waals surface area contributed by atoms with Gasteiger partial charge in [0.2, 0.25) is 0 Å². The van der Waals surface area contributed by atoms with Crippen LogP contribution in [0, 0.1) is 3.57 Å². The second kappa shape index (κ2) is 4.06. The molecule has 0 radical (unpaired) electrons. The Labute approximate surface area is 101 Å². The Morgan fingerprint density at radius 3 is 2.27 bits per heavy atom. The number of hydrogen-bond acceptors (Lipinski definition) is 3. The summed E-state index contributed by atoms with van der Waals surface area (Å²) in [6.07, 6.45) is -4.70. The Kier molecular flexibility index (Phi) is 3.51. The third-order valence-electron chi connectivity index (χ3n) is 1.34. The maximum absolute atomic E-state index is 12.3. The molecule has 84 valence electrons. The highest BCUT2D eigenvalue weighted by Gasteiger charge is 2.36. The Bertz CT molecular complexity index is 488. The van der Waals surface area contributed by atoms with Gasteiger partial charge < -0.3 is 0 Å². The molecule has 1 rings (SSSR count). The Morgan fingerprint density at radius 2 is 1.87 bits per heavy atom. The zero-order chi connectivity index (χ0) is 11.9. The van der Waals surface area contributed by atoms with E-state index in [1.54, 1.807) is 0 Å². The van der Waals surface area contributed by atoms with Crippen molar-refractivity contribution < 1.29 is 21.6 Å². The third-order valence-corrected chi connectivity index (χ3v) is 3.41. The van der Waals surface area contributed by atoms with Crippen molar-refractivity contribution in [2.24, 2.45) is 0 Å². The van der Waals surface area contributed by atoms with Gasteiger partial charge in [-0.3, -0.25) is 0 Å². The quantitative estimate of drug-likeness (QED) is 0.563. The van der Waals surface area contributed by atoms with Gasteiger partial charge in [0.05, 0.1) is 0 Å². The normalized spacial score (nSPS) is 12.9. The maximum atomic E-state index is 12.3. The largest absolute Gasteiger partial charge is 0.434 e. The molecular formula is C6H2ClF3INO2S. The van der Waals surface area contributed by atoms with Crippen molar-refractivity contribution in [1.29, 1.82) is 0 Å². The van der Waals surface area contributed by atoms with Gasteiger partial charge in [0, 0.05) is 14.3 Å². The molecule has 0 aliphatic heterocycles. The third kappa shape index (κ3) is 3.18. The number of aromatic nitrogens is 1. The predicted octanol–water partition coefficient (Wildman–Crippen LogP) is 2.63. The van der Waals surface area contributed by atoms with Crippen LogP contribution in [0.1, 0.15) is 5.69 Å². The van der Waals surface area contributed by atoms with Gasteiger partial charge in [0.15, 0.2) is 10.7 Å². The van der Waals surface area contributed by atoms with Crippen LogP contribution >= 0.6 is 33.3 Å². The molecule has 0 N–H and O–H groups in total. The molecular weight excluding hydrogens is 369 g/mol. The average molecular weight is 372 g/mol. The molecule has 9 heteroatoms. The summed E-state index contributed by atoms with van der Waals surface area (Å²) in [4.78, 5) is 2.96. The van der Waals surface area contributed by atoms with Crippen LogP contribution in [-0.2, 0) is 15.2 Å². The van der Waals surface area contributed by atoms with E-state index in [4.69, 9.17) is 10.7 Å². The van der Waals surface area contributed by atoms with Crippen LogP contribution in [0.25, 0.3) is 0 Å². The first kappa shape index (κ1) is 13.0. The lowest BCUT2D eigenvalue weighted by molar-refractivity contribution is -0.142. The van der Waals surface area contributed by atoms with Crippen molar-refractivity contribution in [3.8, 4) is 0 Å². The van der Waals surface area contributed by atoms with Crippen LogP contribution in [0.5, 0.6) is 0 Å². The molecule has 1 aromatic heterocycles. The molecule has 0 bridgehead atoms. The lowest BCUT2D eigenvalue weighted by Gasteiger charge is -2.08. The minimum absolute atomic E-state index is 0.191. The van der Waals surface area contributed by atoms with Gasteiger partial charge in [-0.15, -0.1) is 0 Å². The van der Waals surface area contributed by atoms with Crippen LogP contribution in [0.2, 0.25) is 0 Å². The van der Waals surface area contributed by atoms with Crippen LogP contribution in [0.4, 0.5) is 13.2 Å². The van der Waals surface area contributed by atoms with Crippen molar-refractivity contribution in [3.05, 3.63) is 21.4 Å². The fraction of sp³-hybridized carbons (Fsp3) is 0.167. The molecule has 0 aromatic carbocycles. The van der Waals surface area contributed by atoms with Gasteiger partial charge in [0.25, 0.3) is 9.05 Å². The summed E-state index contributed by atoms with van der Waals surface area (Å²) >= 11 is 1.41. The standard InChI is InChI=1S/C6H2ClF3INO2S/c7-15(13,14)4-2-1-3(11)5(12-4)6(8,9)10/h1-2H. The topological polar surface area (TPSA) is 47.0 Å². The number of hydrogen-bond donors (Lipinski definition) is 0. The van der Waals surface area contributed by atoms with E-state index in [0.717, 1.165) is 12.1 Å². The molecule has 0 fully saturated rings. The molecule has 0 saturated carbocycles. The molecule has 0 unspecified atom stereocenters. The first-order valence-electron chi connectivity index (χ1n) is 3.31. The zero-order valence-electron chi connectivity index (χ0n) is 6.72. The van der Waals surface area contributed by atoms with Crippen LogP contribution in [0.3, 0.4) is 0 Å². The summed E-state index contributed by atoms with van der Waals surface area (Å²) in [6.45, 7) is 0. The van der Waals surface area contributed by atoms with Gasteiger partial charge in [-0.1, -0.05) is 0 Å². The van der Waals surface area contributed by atoms with Gasteiger partial charge >= 0.3 is 6.18 Å². The SMILES string of the molecule is O=S(=O)(Cl)c1ccc(I)c(C(F)(F)F)n1. The lowest BCUT2D eigenvalue weighted by atomic mass is 10.3. The molecule has 1 heterocycles. The van der Waals surface area contributed by atoms with Crippen LogP contribution in [0.15, 0.2) is 17.2 Å². The van der Waals surface area contributed by atoms with E-state index in [0.29, 0.717) is 0 Å². The monoisotopic (exact) mass is 371 g/mol. The average Bonchev–Trinajstić information content (AvgIpc) is 2.00. The van der Waals surface area contributed by atoms with E-state index in [1.165, 1.54) is 22.6 Å². The predicted molar refractivity (Wildman–Crippen MR) is 55.0 cm³/mol. The zero-order valence-corrected chi connectivity index (χ0v) is 10.4. The highest BCUT2D eigenvalue weighted by Crippen LogP contribution is 2.32. The highest BCUT2D eigenvalue weighted by atomic mass is 127. The molecule has 1 aromatic rings. The first-order valence-corrected chi connectivity index (χ1v) is 6.69. The van der Waals surface area contributed by atoms with Crippen molar-refractivity contribution >= 4 is 42.3 Å². The summed E-state index contributed by atoms with van der Waals surface area (Å²) < 4.78 is 58.3.